The number of halogens is 2. The molecule has 0 aliphatic heterocycles. The lowest BCUT2D eigenvalue weighted by molar-refractivity contribution is 0.0698. The predicted molar refractivity (Wildman–Crippen MR) is 73.6 cm³/mol. The fourth-order valence-corrected chi connectivity index (χ4v) is 2.04. The molecule has 0 aliphatic rings. The zero-order chi connectivity index (χ0) is 13.3. The second kappa shape index (κ2) is 5.01. The second-order valence-corrected chi connectivity index (χ2v) is 4.80. The third-order valence-corrected chi connectivity index (χ3v) is 3.34. The number of aryl methyl sites for hydroxylation is 1. The van der Waals surface area contributed by atoms with Crippen LogP contribution in [0, 0.1) is 6.92 Å². The topological polar surface area (TPSA) is 37.3 Å². The minimum absolute atomic E-state index is 0.223. The van der Waals surface area contributed by atoms with E-state index in [1.165, 1.54) is 6.07 Å². The number of carboxylic acids is 1. The second-order valence-electron chi connectivity index (χ2n) is 3.96. The van der Waals surface area contributed by atoms with Crippen LogP contribution >= 0.6 is 23.2 Å². The van der Waals surface area contributed by atoms with Gasteiger partial charge < -0.3 is 5.11 Å². The lowest BCUT2D eigenvalue weighted by atomic mass is 9.98. The molecular formula is C14H10Cl2O2. The van der Waals surface area contributed by atoms with Gasteiger partial charge in [0.25, 0.3) is 0 Å². The van der Waals surface area contributed by atoms with Gasteiger partial charge in [0, 0.05) is 10.0 Å². The highest BCUT2D eigenvalue weighted by Crippen LogP contribution is 2.29. The number of aromatic carboxylic acids is 1. The summed E-state index contributed by atoms with van der Waals surface area (Å²) in [6, 6.07) is 10.1. The molecule has 0 fully saturated rings. The van der Waals surface area contributed by atoms with Crippen LogP contribution < -0.4 is 0 Å². The Kier molecular flexibility index (Phi) is 3.60. The van der Waals surface area contributed by atoms with Gasteiger partial charge in [0.1, 0.15) is 0 Å². The van der Waals surface area contributed by atoms with Crippen LogP contribution in [0.2, 0.25) is 10.0 Å². The minimum atomic E-state index is -0.978. The van der Waals surface area contributed by atoms with Crippen LogP contribution in [-0.4, -0.2) is 11.1 Å². The van der Waals surface area contributed by atoms with Gasteiger partial charge in [0.2, 0.25) is 0 Å². The van der Waals surface area contributed by atoms with Crippen molar-refractivity contribution in [1.29, 1.82) is 0 Å². The van der Waals surface area contributed by atoms with Crippen LogP contribution in [0.15, 0.2) is 36.4 Å². The number of carboxylic acid groups (broad SMARTS) is 1. The van der Waals surface area contributed by atoms with Crippen molar-refractivity contribution in [2.24, 2.45) is 0 Å². The molecule has 1 N–H and O–H groups in total. The molecule has 0 saturated carbocycles. The van der Waals surface area contributed by atoms with Crippen LogP contribution in [0.3, 0.4) is 0 Å². The molecule has 0 heterocycles. The maximum atomic E-state index is 11.2. The molecule has 92 valence electrons. The largest absolute Gasteiger partial charge is 0.478 e. The monoisotopic (exact) mass is 280 g/mol. The van der Waals surface area contributed by atoms with Gasteiger partial charge in [-0.3, -0.25) is 0 Å². The van der Waals surface area contributed by atoms with Crippen molar-refractivity contribution < 1.29 is 9.90 Å². The average molecular weight is 281 g/mol. The van der Waals surface area contributed by atoms with E-state index in [0.29, 0.717) is 15.6 Å². The maximum Gasteiger partial charge on any atom is 0.336 e. The molecule has 0 spiro atoms. The first kappa shape index (κ1) is 12.9. The highest BCUT2D eigenvalue weighted by Gasteiger charge is 2.12. The van der Waals surface area contributed by atoms with E-state index < -0.39 is 5.97 Å². The quantitative estimate of drug-likeness (QED) is 0.868. The van der Waals surface area contributed by atoms with Crippen molar-refractivity contribution in [2.75, 3.05) is 0 Å². The summed E-state index contributed by atoms with van der Waals surface area (Å²) in [5, 5.41) is 10.3. The Morgan fingerprint density at radius 2 is 1.83 bits per heavy atom. The zero-order valence-corrected chi connectivity index (χ0v) is 11.1. The summed E-state index contributed by atoms with van der Waals surface area (Å²) < 4.78 is 0. The summed E-state index contributed by atoms with van der Waals surface area (Å²) in [7, 11) is 0. The summed E-state index contributed by atoms with van der Waals surface area (Å²) in [6.07, 6.45) is 0. The summed E-state index contributed by atoms with van der Waals surface area (Å²) in [5.74, 6) is -0.978. The smallest absolute Gasteiger partial charge is 0.336 e. The van der Waals surface area contributed by atoms with E-state index in [1.807, 2.05) is 13.0 Å². The summed E-state index contributed by atoms with van der Waals surface area (Å²) in [4.78, 5) is 11.2. The van der Waals surface area contributed by atoms with Crippen LogP contribution in [0.4, 0.5) is 0 Å². The number of hydrogen-bond donors (Lipinski definition) is 1. The SMILES string of the molecule is Cc1cc(-c2cc(Cl)ccc2C(=O)O)ccc1Cl. The first-order valence-electron chi connectivity index (χ1n) is 5.28. The van der Waals surface area contributed by atoms with Crippen LogP contribution in [0.1, 0.15) is 15.9 Å². The van der Waals surface area contributed by atoms with Gasteiger partial charge in [0.15, 0.2) is 0 Å². The minimum Gasteiger partial charge on any atom is -0.478 e. The molecule has 0 aliphatic carbocycles. The van der Waals surface area contributed by atoms with E-state index in [9.17, 15) is 9.90 Å². The molecular weight excluding hydrogens is 271 g/mol. The molecule has 18 heavy (non-hydrogen) atoms. The van der Waals surface area contributed by atoms with Gasteiger partial charge in [-0.05, 0) is 53.9 Å². The van der Waals surface area contributed by atoms with E-state index in [2.05, 4.69) is 0 Å². The number of carbonyl (C=O) groups is 1. The summed E-state index contributed by atoms with van der Waals surface area (Å²) in [5.41, 5.74) is 2.50. The van der Waals surface area contributed by atoms with E-state index >= 15 is 0 Å². The predicted octanol–water partition coefficient (Wildman–Crippen LogP) is 4.67. The van der Waals surface area contributed by atoms with E-state index in [-0.39, 0.29) is 5.56 Å². The first-order valence-corrected chi connectivity index (χ1v) is 6.04. The van der Waals surface area contributed by atoms with Crippen molar-refractivity contribution in [2.45, 2.75) is 6.92 Å². The molecule has 0 aromatic heterocycles. The molecule has 2 aromatic rings. The number of rotatable bonds is 2. The molecule has 2 nitrogen and oxygen atoms in total. The van der Waals surface area contributed by atoms with Gasteiger partial charge in [-0.1, -0.05) is 29.3 Å². The highest BCUT2D eigenvalue weighted by molar-refractivity contribution is 6.31. The van der Waals surface area contributed by atoms with Crippen molar-refractivity contribution >= 4 is 29.2 Å². The Hall–Kier alpha value is -1.51. The molecule has 0 bridgehead atoms. The van der Waals surface area contributed by atoms with Crippen molar-refractivity contribution in [3.8, 4) is 11.1 Å². The molecule has 0 saturated heterocycles. The Morgan fingerprint density at radius 1 is 1.11 bits per heavy atom. The van der Waals surface area contributed by atoms with Crippen LogP contribution in [0.25, 0.3) is 11.1 Å². The Morgan fingerprint density at radius 3 is 2.44 bits per heavy atom. The van der Waals surface area contributed by atoms with Crippen molar-refractivity contribution in [1.82, 2.24) is 0 Å². The third-order valence-electron chi connectivity index (χ3n) is 2.68. The van der Waals surface area contributed by atoms with E-state index in [1.54, 1.807) is 24.3 Å². The standard InChI is InChI=1S/C14H10Cl2O2/c1-8-6-9(2-5-13(8)16)12-7-10(15)3-4-11(12)14(17)18/h2-7H,1H3,(H,17,18). The van der Waals surface area contributed by atoms with Crippen LogP contribution in [-0.2, 0) is 0 Å². The lowest BCUT2D eigenvalue weighted by Crippen LogP contribution is -1.99. The van der Waals surface area contributed by atoms with E-state index in [4.69, 9.17) is 23.2 Å². The van der Waals surface area contributed by atoms with Gasteiger partial charge in [-0.15, -0.1) is 0 Å². The van der Waals surface area contributed by atoms with Gasteiger partial charge >= 0.3 is 5.97 Å². The van der Waals surface area contributed by atoms with Crippen molar-refractivity contribution in [3.05, 3.63) is 57.6 Å². The van der Waals surface area contributed by atoms with E-state index in [0.717, 1.165) is 11.1 Å². The average Bonchev–Trinajstić information content (AvgIpc) is 2.32. The molecule has 4 heteroatoms. The first-order chi connectivity index (χ1) is 8.49. The molecule has 2 aromatic carbocycles. The molecule has 0 atom stereocenters. The zero-order valence-electron chi connectivity index (χ0n) is 9.58. The fraction of sp³-hybridized carbons (Fsp3) is 0.0714. The fourth-order valence-electron chi connectivity index (χ4n) is 1.75. The molecule has 0 radical (unpaired) electrons. The molecule has 0 amide bonds. The normalized spacial score (nSPS) is 10.4. The van der Waals surface area contributed by atoms with Gasteiger partial charge in [0.05, 0.1) is 5.56 Å². The van der Waals surface area contributed by atoms with Crippen LogP contribution in [0.5, 0.6) is 0 Å². The Balaban J connectivity index is 2.65. The van der Waals surface area contributed by atoms with Gasteiger partial charge in [-0.25, -0.2) is 4.79 Å². The van der Waals surface area contributed by atoms with Crippen molar-refractivity contribution in [3.63, 3.8) is 0 Å². The lowest BCUT2D eigenvalue weighted by Gasteiger charge is -2.08. The third kappa shape index (κ3) is 2.50. The Bertz CT molecular complexity index is 621. The Labute approximate surface area is 115 Å². The maximum absolute atomic E-state index is 11.2. The summed E-state index contributed by atoms with van der Waals surface area (Å²) in [6.45, 7) is 1.87. The summed E-state index contributed by atoms with van der Waals surface area (Å²) >= 11 is 11.9. The highest BCUT2D eigenvalue weighted by atomic mass is 35.5. The van der Waals surface area contributed by atoms with Gasteiger partial charge in [-0.2, -0.15) is 0 Å². The number of benzene rings is 2. The number of hydrogen-bond acceptors (Lipinski definition) is 1. The molecule has 2 rings (SSSR count). The molecule has 0 unspecified atom stereocenters.